The summed E-state index contributed by atoms with van der Waals surface area (Å²) in [5, 5.41) is 0. The molecule has 0 heterocycles. The first kappa shape index (κ1) is 19.3. The predicted molar refractivity (Wildman–Crippen MR) is 84.1 cm³/mol. The van der Waals surface area contributed by atoms with Crippen LogP contribution in [0.25, 0.3) is 0 Å². The highest BCUT2D eigenvalue weighted by atomic mass is 28.3. The Kier molecular flexibility index (Phi) is 14.3. The van der Waals surface area contributed by atoms with E-state index >= 15 is 0 Å². The topological polar surface area (TPSA) is 44.8 Å². The molecule has 0 aliphatic carbocycles. The fourth-order valence-corrected chi connectivity index (χ4v) is 3.73. The van der Waals surface area contributed by atoms with Crippen LogP contribution < -0.4 is 0 Å². The van der Waals surface area contributed by atoms with E-state index < -0.39 is 9.28 Å². The van der Waals surface area contributed by atoms with E-state index in [4.69, 9.17) is 13.6 Å². The van der Waals surface area contributed by atoms with Crippen molar-refractivity contribution in [2.75, 3.05) is 19.8 Å². The first-order valence-electron chi connectivity index (χ1n) is 7.77. The molecule has 0 aliphatic heterocycles. The Morgan fingerprint density at radius 3 is 2.10 bits per heavy atom. The highest BCUT2D eigenvalue weighted by Gasteiger charge is 2.10. The number of carbonyl (C=O) groups excluding carboxylic acids is 1. The minimum Gasteiger partial charge on any atom is -0.463 e. The SMILES string of the molecule is C=CC(=O)OCCCCCCCC[SiH](OCC)OCC. The van der Waals surface area contributed by atoms with Crippen LogP contribution in [-0.4, -0.2) is 35.1 Å². The molecule has 4 nitrogen and oxygen atoms in total. The second kappa shape index (κ2) is 14.7. The van der Waals surface area contributed by atoms with Crippen molar-refractivity contribution in [3.63, 3.8) is 0 Å². The predicted octanol–water partition coefficient (Wildman–Crippen LogP) is 3.35. The molecule has 0 atom stereocenters. The van der Waals surface area contributed by atoms with Crippen LogP contribution in [-0.2, 0) is 18.4 Å². The highest BCUT2D eigenvalue weighted by Crippen LogP contribution is 2.10. The molecule has 0 spiro atoms. The van der Waals surface area contributed by atoms with Crippen LogP contribution >= 0.6 is 0 Å². The Morgan fingerprint density at radius 1 is 1.00 bits per heavy atom. The lowest BCUT2D eigenvalue weighted by atomic mass is 10.1. The van der Waals surface area contributed by atoms with Crippen LogP contribution in [0.1, 0.15) is 52.4 Å². The molecule has 118 valence electrons. The van der Waals surface area contributed by atoms with Crippen LogP contribution in [0.15, 0.2) is 12.7 Å². The first-order chi connectivity index (χ1) is 9.74. The number of hydrogen-bond acceptors (Lipinski definition) is 4. The molecule has 20 heavy (non-hydrogen) atoms. The van der Waals surface area contributed by atoms with Crippen LogP contribution in [0.4, 0.5) is 0 Å². The van der Waals surface area contributed by atoms with E-state index in [1.54, 1.807) is 0 Å². The van der Waals surface area contributed by atoms with Crippen LogP contribution in [0.3, 0.4) is 0 Å². The number of unbranched alkanes of at least 4 members (excludes halogenated alkanes) is 5. The minimum absolute atomic E-state index is 0.326. The molecule has 0 aromatic rings. The van der Waals surface area contributed by atoms with Gasteiger partial charge in [0.2, 0.25) is 0 Å². The number of esters is 1. The van der Waals surface area contributed by atoms with Gasteiger partial charge in [0, 0.05) is 19.3 Å². The molecule has 0 N–H and O–H groups in total. The summed E-state index contributed by atoms with van der Waals surface area (Å²) in [4.78, 5) is 10.8. The maximum absolute atomic E-state index is 10.8. The number of ether oxygens (including phenoxy) is 1. The Morgan fingerprint density at radius 2 is 1.55 bits per heavy atom. The summed E-state index contributed by atoms with van der Waals surface area (Å²) in [7, 11) is -1.39. The van der Waals surface area contributed by atoms with Crippen molar-refractivity contribution in [1.82, 2.24) is 0 Å². The lowest BCUT2D eigenvalue weighted by Crippen LogP contribution is -2.22. The van der Waals surface area contributed by atoms with Crippen molar-refractivity contribution in [2.45, 2.75) is 58.4 Å². The third-order valence-electron chi connectivity index (χ3n) is 2.95. The standard InChI is InChI=1S/C15H30O4Si/c1-4-15(16)17-13-11-9-7-8-10-12-14-20(18-5-2)19-6-3/h4,20H,1,5-14H2,2-3H3. The van der Waals surface area contributed by atoms with E-state index in [-0.39, 0.29) is 5.97 Å². The van der Waals surface area contributed by atoms with Gasteiger partial charge < -0.3 is 13.6 Å². The van der Waals surface area contributed by atoms with Crippen LogP contribution in [0.2, 0.25) is 6.04 Å². The summed E-state index contributed by atoms with van der Waals surface area (Å²) >= 11 is 0. The average Bonchev–Trinajstić information content (AvgIpc) is 2.45. The van der Waals surface area contributed by atoms with E-state index in [1.807, 2.05) is 13.8 Å². The monoisotopic (exact) mass is 302 g/mol. The van der Waals surface area contributed by atoms with E-state index in [9.17, 15) is 4.79 Å². The quantitative estimate of drug-likeness (QED) is 0.214. The third kappa shape index (κ3) is 12.4. The van der Waals surface area contributed by atoms with Crippen molar-refractivity contribution in [3.05, 3.63) is 12.7 Å². The van der Waals surface area contributed by atoms with Gasteiger partial charge in [0.1, 0.15) is 0 Å². The van der Waals surface area contributed by atoms with Crippen LogP contribution in [0.5, 0.6) is 0 Å². The fraction of sp³-hybridized carbons (Fsp3) is 0.800. The second-order valence-electron chi connectivity index (χ2n) is 4.62. The molecule has 0 rings (SSSR count). The molecule has 0 saturated heterocycles. The second-order valence-corrected chi connectivity index (χ2v) is 6.72. The molecule has 0 aromatic carbocycles. The average molecular weight is 302 g/mol. The van der Waals surface area contributed by atoms with Gasteiger partial charge in [0.05, 0.1) is 6.61 Å². The molecule has 0 bridgehead atoms. The van der Waals surface area contributed by atoms with Gasteiger partial charge in [-0.15, -0.1) is 0 Å². The lowest BCUT2D eigenvalue weighted by molar-refractivity contribution is -0.137. The molecule has 0 saturated carbocycles. The zero-order chi connectivity index (χ0) is 15.1. The smallest absolute Gasteiger partial charge is 0.330 e. The van der Waals surface area contributed by atoms with Gasteiger partial charge in [-0.05, 0) is 26.3 Å². The number of rotatable bonds is 14. The van der Waals surface area contributed by atoms with Crippen molar-refractivity contribution in [1.29, 1.82) is 0 Å². The van der Waals surface area contributed by atoms with Crippen molar-refractivity contribution < 1.29 is 18.4 Å². The third-order valence-corrected chi connectivity index (χ3v) is 5.24. The number of hydrogen-bond donors (Lipinski definition) is 0. The molecule has 0 aromatic heterocycles. The van der Waals surface area contributed by atoms with E-state index in [1.165, 1.54) is 31.8 Å². The minimum atomic E-state index is -1.39. The fourth-order valence-electron chi connectivity index (χ4n) is 1.94. The highest BCUT2D eigenvalue weighted by molar-refractivity contribution is 6.44. The van der Waals surface area contributed by atoms with Crippen LogP contribution in [0, 0.1) is 0 Å². The molecule has 0 fully saturated rings. The lowest BCUT2D eigenvalue weighted by Gasteiger charge is -2.14. The zero-order valence-electron chi connectivity index (χ0n) is 13.1. The largest absolute Gasteiger partial charge is 0.463 e. The summed E-state index contributed by atoms with van der Waals surface area (Å²) in [6.45, 7) is 9.45. The van der Waals surface area contributed by atoms with Gasteiger partial charge in [0.15, 0.2) is 0 Å². The maximum atomic E-state index is 10.8. The van der Waals surface area contributed by atoms with E-state index in [0.29, 0.717) is 6.61 Å². The summed E-state index contributed by atoms with van der Waals surface area (Å²) in [5.74, 6) is -0.326. The molecular weight excluding hydrogens is 272 g/mol. The van der Waals surface area contributed by atoms with E-state index in [0.717, 1.165) is 32.1 Å². The normalized spacial score (nSPS) is 10.8. The van der Waals surface area contributed by atoms with Crippen molar-refractivity contribution >= 4 is 15.3 Å². The van der Waals surface area contributed by atoms with Gasteiger partial charge in [-0.3, -0.25) is 0 Å². The Bertz CT molecular complexity index is 240. The van der Waals surface area contributed by atoms with E-state index in [2.05, 4.69) is 6.58 Å². The molecule has 0 aliphatic rings. The summed E-state index contributed by atoms with van der Waals surface area (Å²) < 4.78 is 16.2. The summed E-state index contributed by atoms with van der Waals surface area (Å²) in [5.41, 5.74) is 0. The Labute approximate surface area is 125 Å². The molecule has 0 radical (unpaired) electrons. The van der Waals surface area contributed by atoms with Crippen molar-refractivity contribution in [2.24, 2.45) is 0 Å². The first-order valence-corrected chi connectivity index (χ1v) is 9.52. The summed E-state index contributed by atoms with van der Waals surface area (Å²) in [6.07, 6.45) is 8.11. The summed E-state index contributed by atoms with van der Waals surface area (Å²) in [6, 6.07) is 1.11. The van der Waals surface area contributed by atoms with Gasteiger partial charge in [-0.25, -0.2) is 4.79 Å². The van der Waals surface area contributed by atoms with Gasteiger partial charge in [-0.2, -0.15) is 0 Å². The molecular formula is C15H30O4Si. The number of carbonyl (C=O) groups is 1. The molecule has 0 amide bonds. The zero-order valence-corrected chi connectivity index (χ0v) is 14.2. The van der Waals surface area contributed by atoms with Gasteiger partial charge in [0.25, 0.3) is 0 Å². The van der Waals surface area contributed by atoms with Gasteiger partial charge >= 0.3 is 15.3 Å². The molecule has 5 heteroatoms. The Hall–Kier alpha value is -0.653. The Balaban J connectivity index is 3.30. The van der Waals surface area contributed by atoms with Gasteiger partial charge in [-0.1, -0.05) is 38.7 Å². The maximum Gasteiger partial charge on any atom is 0.330 e. The van der Waals surface area contributed by atoms with Crippen molar-refractivity contribution in [3.8, 4) is 0 Å². The molecule has 0 unspecified atom stereocenters.